The van der Waals surface area contributed by atoms with Gasteiger partial charge in [0.25, 0.3) is 0 Å². The Balaban J connectivity index is 0.000000252. The highest BCUT2D eigenvalue weighted by Gasteiger charge is 1.84. The average molecular weight is 226 g/mol. The Kier molecular flexibility index (Phi) is 4.71. The minimum absolute atomic E-state index is 0.685. The zero-order chi connectivity index (χ0) is 10.5. The fourth-order valence-corrected chi connectivity index (χ4v) is 0.705. The predicted octanol–water partition coefficient (Wildman–Crippen LogP) is 1.27. The Hall–Kier alpha value is -0.820. The van der Waals surface area contributed by atoms with Crippen LogP contribution in [0, 0.1) is 0 Å². The van der Waals surface area contributed by atoms with E-state index in [4.69, 9.17) is 34.9 Å². The third kappa shape index (κ3) is 11.2. The molecule has 0 bridgehead atoms. The first-order valence-electron chi connectivity index (χ1n) is 3.00. The number of rotatable bonds is 0. The van der Waals surface area contributed by atoms with E-state index in [9.17, 15) is 0 Å². The summed E-state index contributed by atoms with van der Waals surface area (Å²) in [5.74, 6) is 0. The number of anilines is 1. The summed E-state index contributed by atoms with van der Waals surface area (Å²) >= 11 is 5.56. The molecule has 0 saturated carbocycles. The van der Waals surface area contributed by atoms with Crippen LogP contribution in [0.15, 0.2) is 24.3 Å². The smallest absolute Gasteiger partial charge is 0.394 e. The molecule has 0 aliphatic rings. The van der Waals surface area contributed by atoms with Crippen LogP contribution in [0.2, 0.25) is 5.02 Å². The van der Waals surface area contributed by atoms with Crippen molar-refractivity contribution in [2.45, 2.75) is 0 Å². The molecule has 0 atom stereocenters. The molecule has 13 heavy (non-hydrogen) atoms. The molecule has 1 aromatic rings. The van der Waals surface area contributed by atoms with Gasteiger partial charge < -0.3 is 5.73 Å². The molecule has 0 radical (unpaired) electrons. The molecule has 1 aromatic carbocycles. The maximum Gasteiger partial charge on any atom is 0.394 e. The summed E-state index contributed by atoms with van der Waals surface area (Å²) in [6.45, 7) is 0. The van der Waals surface area contributed by atoms with Gasteiger partial charge in [0.05, 0.1) is 0 Å². The fourth-order valence-electron chi connectivity index (χ4n) is 0.507. The van der Waals surface area contributed by atoms with Gasteiger partial charge in [-0.05, 0) is 18.2 Å². The number of nitrogen functional groups attached to an aromatic ring is 1. The van der Waals surface area contributed by atoms with Crippen LogP contribution in [0.4, 0.5) is 5.69 Å². The van der Waals surface area contributed by atoms with Crippen molar-refractivity contribution >= 4 is 27.7 Å². The van der Waals surface area contributed by atoms with E-state index in [1.165, 1.54) is 0 Å². The molecule has 0 aromatic heterocycles. The van der Waals surface area contributed by atoms with E-state index in [-0.39, 0.29) is 0 Å². The summed E-state index contributed by atoms with van der Waals surface area (Å²) in [5, 5.41) is 0.685. The molecule has 0 aliphatic heterocycles. The third-order valence-electron chi connectivity index (χ3n) is 0.849. The van der Waals surface area contributed by atoms with Crippen molar-refractivity contribution in [1.29, 1.82) is 0 Å². The second kappa shape index (κ2) is 5.03. The SMILES string of the molecule is Nc1cccc(Cl)c1.O=S(=O)(O)O. The zero-order valence-electron chi connectivity index (χ0n) is 6.38. The predicted molar refractivity (Wildman–Crippen MR) is 50.0 cm³/mol. The highest BCUT2D eigenvalue weighted by molar-refractivity contribution is 7.79. The summed E-state index contributed by atoms with van der Waals surface area (Å²) in [6.07, 6.45) is 0. The van der Waals surface area contributed by atoms with Crippen molar-refractivity contribution in [2.75, 3.05) is 5.73 Å². The number of hydrogen-bond donors (Lipinski definition) is 3. The van der Waals surface area contributed by atoms with Crippen LogP contribution >= 0.6 is 11.6 Å². The van der Waals surface area contributed by atoms with E-state index in [1.54, 1.807) is 18.2 Å². The summed E-state index contributed by atoms with van der Waals surface area (Å²) in [4.78, 5) is 0. The van der Waals surface area contributed by atoms with E-state index >= 15 is 0 Å². The standard InChI is InChI=1S/C6H6ClN.H2O4S/c7-5-2-1-3-6(8)4-5;1-5(2,3)4/h1-4H,8H2;(H2,1,2,3,4). The Bertz CT molecular complexity index is 339. The fraction of sp³-hybridized carbons (Fsp3) is 0. The van der Waals surface area contributed by atoms with Crippen LogP contribution in [-0.4, -0.2) is 17.5 Å². The van der Waals surface area contributed by atoms with E-state index in [0.717, 1.165) is 0 Å². The molecule has 0 unspecified atom stereocenters. The zero-order valence-corrected chi connectivity index (χ0v) is 7.96. The largest absolute Gasteiger partial charge is 0.399 e. The van der Waals surface area contributed by atoms with Gasteiger partial charge in [-0.25, -0.2) is 0 Å². The van der Waals surface area contributed by atoms with Crippen molar-refractivity contribution in [3.05, 3.63) is 29.3 Å². The van der Waals surface area contributed by atoms with Gasteiger partial charge >= 0.3 is 10.4 Å². The van der Waals surface area contributed by atoms with Gasteiger partial charge in [-0.3, -0.25) is 9.11 Å². The Morgan fingerprint density at radius 2 is 1.77 bits per heavy atom. The summed E-state index contributed by atoms with van der Waals surface area (Å²) in [7, 11) is -4.67. The average Bonchev–Trinajstić information content (AvgIpc) is 1.81. The van der Waals surface area contributed by atoms with Gasteiger partial charge in [-0.15, -0.1) is 0 Å². The molecule has 0 saturated heterocycles. The topological polar surface area (TPSA) is 101 Å². The van der Waals surface area contributed by atoms with E-state index in [0.29, 0.717) is 10.7 Å². The first-order valence-corrected chi connectivity index (χ1v) is 4.77. The van der Waals surface area contributed by atoms with Crippen LogP contribution in [0.25, 0.3) is 0 Å². The number of hydrogen-bond acceptors (Lipinski definition) is 3. The molecule has 1 rings (SSSR count). The molecule has 0 fully saturated rings. The van der Waals surface area contributed by atoms with Crippen molar-refractivity contribution in [1.82, 2.24) is 0 Å². The van der Waals surface area contributed by atoms with Crippen LogP contribution < -0.4 is 5.73 Å². The number of halogens is 1. The molecule has 0 heterocycles. The van der Waals surface area contributed by atoms with E-state index in [2.05, 4.69) is 0 Å². The lowest BCUT2D eigenvalue weighted by molar-refractivity contribution is 0.381. The van der Waals surface area contributed by atoms with Crippen LogP contribution in [0.5, 0.6) is 0 Å². The lowest BCUT2D eigenvalue weighted by Gasteiger charge is -1.89. The van der Waals surface area contributed by atoms with Crippen LogP contribution in [0.1, 0.15) is 0 Å². The van der Waals surface area contributed by atoms with Crippen LogP contribution in [0.3, 0.4) is 0 Å². The summed E-state index contributed by atoms with van der Waals surface area (Å²) in [5.41, 5.74) is 6.08. The number of nitrogens with two attached hydrogens (primary N) is 1. The summed E-state index contributed by atoms with van der Waals surface area (Å²) < 4.78 is 31.6. The monoisotopic (exact) mass is 225 g/mol. The molecule has 0 spiro atoms. The minimum atomic E-state index is -4.67. The summed E-state index contributed by atoms with van der Waals surface area (Å²) in [6, 6.07) is 7.11. The van der Waals surface area contributed by atoms with E-state index < -0.39 is 10.4 Å². The van der Waals surface area contributed by atoms with Gasteiger partial charge in [0.2, 0.25) is 0 Å². The van der Waals surface area contributed by atoms with Crippen molar-refractivity contribution in [2.24, 2.45) is 0 Å². The lowest BCUT2D eigenvalue weighted by atomic mass is 10.3. The molecule has 0 amide bonds. The Morgan fingerprint density at radius 3 is 2.00 bits per heavy atom. The normalized spacial score (nSPS) is 10.1. The molecule has 74 valence electrons. The minimum Gasteiger partial charge on any atom is -0.399 e. The Labute approximate surface area is 80.7 Å². The van der Waals surface area contributed by atoms with Gasteiger partial charge in [0.15, 0.2) is 0 Å². The number of benzene rings is 1. The quantitative estimate of drug-likeness (QED) is 0.456. The van der Waals surface area contributed by atoms with E-state index in [1.807, 2.05) is 6.07 Å². The van der Waals surface area contributed by atoms with Gasteiger partial charge in [-0.1, -0.05) is 17.7 Å². The van der Waals surface area contributed by atoms with Crippen LogP contribution in [-0.2, 0) is 10.4 Å². The van der Waals surface area contributed by atoms with Gasteiger partial charge in [0.1, 0.15) is 0 Å². The third-order valence-corrected chi connectivity index (χ3v) is 1.08. The van der Waals surface area contributed by atoms with Crippen molar-refractivity contribution in [3.63, 3.8) is 0 Å². The molecule has 0 aliphatic carbocycles. The highest BCUT2D eigenvalue weighted by atomic mass is 35.5. The first kappa shape index (κ1) is 12.2. The maximum absolute atomic E-state index is 8.74. The molecule has 7 heteroatoms. The van der Waals surface area contributed by atoms with Gasteiger partial charge in [0, 0.05) is 10.7 Å². The second-order valence-corrected chi connectivity index (χ2v) is 3.33. The Morgan fingerprint density at radius 1 is 1.31 bits per heavy atom. The first-order chi connectivity index (χ1) is 5.79. The molecule has 5 nitrogen and oxygen atoms in total. The maximum atomic E-state index is 8.74. The van der Waals surface area contributed by atoms with Gasteiger partial charge in [-0.2, -0.15) is 8.42 Å². The molecular weight excluding hydrogens is 218 g/mol. The molecule has 4 N–H and O–H groups in total. The molecular formula is C6H8ClNO4S. The second-order valence-electron chi connectivity index (χ2n) is 2.00. The lowest BCUT2D eigenvalue weighted by Crippen LogP contribution is -1.89. The van der Waals surface area contributed by atoms with Crippen molar-refractivity contribution < 1.29 is 17.5 Å². The highest BCUT2D eigenvalue weighted by Crippen LogP contribution is 2.10. The van der Waals surface area contributed by atoms with Crippen molar-refractivity contribution in [3.8, 4) is 0 Å².